The van der Waals surface area contributed by atoms with Crippen LogP contribution in [0.1, 0.15) is 11.4 Å². The predicted octanol–water partition coefficient (Wildman–Crippen LogP) is 1.98. The number of carbonyl (C=O) groups excluding carboxylic acids is 1. The molecule has 0 unspecified atom stereocenters. The Kier molecular flexibility index (Phi) is 8.50. The molecule has 3 N–H and O–H groups in total. The Labute approximate surface area is 136 Å². The lowest BCUT2D eigenvalue weighted by Gasteiger charge is -2.07. The van der Waals surface area contributed by atoms with Crippen LogP contribution in [-0.2, 0) is 17.8 Å². The largest absolute Gasteiger partial charge is 0.399 e. The maximum absolute atomic E-state index is 11.7. The van der Waals surface area contributed by atoms with E-state index in [0.29, 0.717) is 18.7 Å². The molecule has 7 heteroatoms. The third-order valence-electron chi connectivity index (χ3n) is 2.94. The molecule has 2 rings (SSSR count). The van der Waals surface area contributed by atoms with Gasteiger partial charge in [-0.2, -0.15) is 0 Å². The standard InChI is InChI=1S/C14H18N4O.2ClH/c1-11-16-6-8-18(11)9-7-17-14(19)10-12-2-4-13(15)5-3-12;;/h2-6,8H,7,9-10,15H2,1H3,(H,17,19);2*1H. The normalized spacial score (nSPS) is 9.38. The number of rotatable bonds is 5. The van der Waals surface area contributed by atoms with Gasteiger partial charge < -0.3 is 15.6 Å². The maximum atomic E-state index is 11.7. The number of aromatic nitrogens is 2. The quantitative estimate of drug-likeness (QED) is 0.823. The minimum atomic E-state index is 0. The fourth-order valence-corrected chi connectivity index (χ4v) is 1.84. The van der Waals surface area contributed by atoms with Crippen molar-refractivity contribution in [1.82, 2.24) is 14.9 Å². The van der Waals surface area contributed by atoms with E-state index in [1.165, 1.54) is 0 Å². The number of anilines is 1. The molecule has 0 aliphatic heterocycles. The highest BCUT2D eigenvalue weighted by atomic mass is 35.5. The van der Waals surface area contributed by atoms with Crippen LogP contribution in [0, 0.1) is 6.92 Å². The van der Waals surface area contributed by atoms with E-state index in [1.54, 1.807) is 18.3 Å². The number of amides is 1. The Morgan fingerprint density at radius 2 is 1.95 bits per heavy atom. The molecule has 2 aromatic rings. The number of imidazole rings is 1. The van der Waals surface area contributed by atoms with Crippen LogP contribution in [0.5, 0.6) is 0 Å². The van der Waals surface area contributed by atoms with E-state index < -0.39 is 0 Å². The molecule has 1 aromatic heterocycles. The van der Waals surface area contributed by atoms with Crippen molar-refractivity contribution in [3.05, 3.63) is 48.0 Å². The van der Waals surface area contributed by atoms with E-state index >= 15 is 0 Å². The summed E-state index contributed by atoms with van der Waals surface area (Å²) >= 11 is 0. The van der Waals surface area contributed by atoms with Crippen LogP contribution in [0.4, 0.5) is 5.69 Å². The first-order valence-corrected chi connectivity index (χ1v) is 6.24. The predicted molar refractivity (Wildman–Crippen MR) is 89.0 cm³/mol. The number of hydrogen-bond donors (Lipinski definition) is 2. The first kappa shape index (κ1) is 19.3. The summed E-state index contributed by atoms with van der Waals surface area (Å²) in [5, 5.41) is 2.89. The lowest BCUT2D eigenvalue weighted by molar-refractivity contribution is -0.120. The Hall–Kier alpha value is -1.72. The van der Waals surface area contributed by atoms with E-state index in [2.05, 4.69) is 10.3 Å². The number of nitrogens with one attached hydrogen (secondary N) is 1. The SMILES string of the molecule is Cc1nccn1CCNC(=O)Cc1ccc(N)cc1.Cl.Cl. The molecule has 0 aliphatic carbocycles. The number of nitrogen functional groups attached to an aromatic ring is 1. The first-order valence-electron chi connectivity index (χ1n) is 6.24. The van der Waals surface area contributed by atoms with Crippen molar-refractivity contribution in [2.24, 2.45) is 0 Å². The van der Waals surface area contributed by atoms with E-state index in [1.807, 2.05) is 29.8 Å². The summed E-state index contributed by atoms with van der Waals surface area (Å²) in [5.74, 6) is 0.968. The second-order valence-corrected chi connectivity index (χ2v) is 4.44. The van der Waals surface area contributed by atoms with Gasteiger partial charge in [0, 0.05) is 31.2 Å². The van der Waals surface area contributed by atoms with Gasteiger partial charge in [0.15, 0.2) is 0 Å². The third-order valence-corrected chi connectivity index (χ3v) is 2.94. The van der Waals surface area contributed by atoms with Gasteiger partial charge in [-0.05, 0) is 24.6 Å². The molecule has 116 valence electrons. The lowest BCUT2D eigenvalue weighted by atomic mass is 10.1. The van der Waals surface area contributed by atoms with Crippen molar-refractivity contribution >= 4 is 36.4 Å². The summed E-state index contributed by atoms with van der Waals surface area (Å²) in [4.78, 5) is 15.9. The summed E-state index contributed by atoms with van der Waals surface area (Å²) in [7, 11) is 0. The number of nitrogens with zero attached hydrogens (tertiary/aromatic N) is 2. The van der Waals surface area contributed by atoms with Gasteiger partial charge in [-0.15, -0.1) is 24.8 Å². The van der Waals surface area contributed by atoms with Crippen molar-refractivity contribution in [3.63, 3.8) is 0 Å². The molecule has 21 heavy (non-hydrogen) atoms. The number of halogens is 2. The van der Waals surface area contributed by atoms with E-state index in [-0.39, 0.29) is 30.7 Å². The van der Waals surface area contributed by atoms with Crippen LogP contribution in [0.25, 0.3) is 0 Å². The van der Waals surface area contributed by atoms with E-state index in [0.717, 1.165) is 17.9 Å². The number of nitrogens with two attached hydrogens (primary N) is 1. The Balaban J connectivity index is 0.00000200. The molecule has 0 radical (unpaired) electrons. The summed E-state index contributed by atoms with van der Waals surface area (Å²) in [6, 6.07) is 7.35. The van der Waals surface area contributed by atoms with Gasteiger partial charge in [0.05, 0.1) is 6.42 Å². The maximum Gasteiger partial charge on any atom is 0.224 e. The van der Waals surface area contributed by atoms with E-state index in [9.17, 15) is 4.79 Å². The summed E-state index contributed by atoms with van der Waals surface area (Å²) in [6.07, 6.45) is 4.04. The molecule has 1 aromatic carbocycles. The topological polar surface area (TPSA) is 72.9 Å². The molecule has 0 fully saturated rings. The van der Waals surface area contributed by atoms with Crippen LogP contribution in [0.15, 0.2) is 36.7 Å². The van der Waals surface area contributed by atoms with Gasteiger partial charge in [0.25, 0.3) is 0 Å². The number of benzene rings is 1. The van der Waals surface area contributed by atoms with Crippen LogP contribution in [0.3, 0.4) is 0 Å². The summed E-state index contributed by atoms with van der Waals surface area (Å²) in [6.45, 7) is 3.28. The zero-order valence-corrected chi connectivity index (χ0v) is 13.4. The van der Waals surface area contributed by atoms with Crippen molar-refractivity contribution in [2.75, 3.05) is 12.3 Å². The molecule has 0 saturated heterocycles. The van der Waals surface area contributed by atoms with Crippen molar-refractivity contribution in [3.8, 4) is 0 Å². The van der Waals surface area contributed by atoms with Gasteiger partial charge in [-0.25, -0.2) is 4.98 Å². The van der Waals surface area contributed by atoms with E-state index in [4.69, 9.17) is 5.73 Å². The van der Waals surface area contributed by atoms with Crippen molar-refractivity contribution in [1.29, 1.82) is 0 Å². The number of aryl methyl sites for hydroxylation is 1. The summed E-state index contributed by atoms with van der Waals surface area (Å²) in [5.41, 5.74) is 7.27. The van der Waals surface area contributed by atoms with Gasteiger partial charge >= 0.3 is 0 Å². The highest BCUT2D eigenvalue weighted by molar-refractivity contribution is 5.85. The van der Waals surface area contributed by atoms with Crippen LogP contribution >= 0.6 is 24.8 Å². The van der Waals surface area contributed by atoms with Crippen molar-refractivity contribution in [2.45, 2.75) is 19.9 Å². The second kappa shape index (κ2) is 9.26. The molecular formula is C14H20Cl2N4O. The fourth-order valence-electron chi connectivity index (χ4n) is 1.84. The average molecular weight is 331 g/mol. The van der Waals surface area contributed by atoms with Crippen LogP contribution < -0.4 is 11.1 Å². The molecule has 1 amide bonds. The molecule has 1 heterocycles. The first-order chi connectivity index (χ1) is 9.15. The highest BCUT2D eigenvalue weighted by Crippen LogP contribution is 2.05. The Morgan fingerprint density at radius 1 is 1.29 bits per heavy atom. The summed E-state index contributed by atoms with van der Waals surface area (Å²) < 4.78 is 2.00. The molecule has 0 aliphatic rings. The molecule has 0 atom stereocenters. The van der Waals surface area contributed by atoms with Gasteiger partial charge in [0.1, 0.15) is 5.82 Å². The molecular weight excluding hydrogens is 311 g/mol. The minimum absolute atomic E-state index is 0. The average Bonchev–Trinajstić information content (AvgIpc) is 2.78. The fraction of sp³-hybridized carbons (Fsp3) is 0.286. The second-order valence-electron chi connectivity index (χ2n) is 4.44. The highest BCUT2D eigenvalue weighted by Gasteiger charge is 2.03. The molecule has 5 nitrogen and oxygen atoms in total. The van der Waals surface area contributed by atoms with Crippen LogP contribution in [-0.4, -0.2) is 22.0 Å². The molecule has 0 saturated carbocycles. The van der Waals surface area contributed by atoms with Crippen molar-refractivity contribution < 1.29 is 4.79 Å². The Morgan fingerprint density at radius 3 is 2.52 bits per heavy atom. The smallest absolute Gasteiger partial charge is 0.224 e. The third kappa shape index (κ3) is 6.06. The molecule has 0 bridgehead atoms. The van der Waals surface area contributed by atoms with Gasteiger partial charge in [0.2, 0.25) is 5.91 Å². The zero-order valence-electron chi connectivity index (χ0n) is 11.8. The lowest BCUT2D eigenvalue weighted by Crippen LogP contribution is -2.28. The van der Waals surface area contributed by atoms with Gasteiger partial charge in [-0.1, -0.05) is 12.1 Å². The molecule has 0 spiro atoms. The zero-order chi connectivity index (χ0) is 13.7. The Bertz CT molecular complexity index is 554. The van der Waals surface area contributed by atoms with Crippen LogP contribution in [0.2, 0.25) is 0 Å². The van der Waals surface area contributed by atoms with Gasteiger partial charge in [-0.3, -0.25) is 4.79 Å². The number of carbonyl (C=O) groups is 1. The monoisotopic (exact) mass is 330 g/mol. The minimum Gasteiger partial charge on any atom is -0.399 e. The number of hydrogen-bond acceptors (Lipinski definition) is 3.